The van der Waals surface area contributed by atoms with Gasteiger partial charge in [0.05, 0.1) is 12.6 Å². The van der Waals surface area contributed by atoms with Crippen LogP contribution in [0.5, 0.6) is 0 Å². The second kappa shape index (κ2) is 8.29. The van der Waals surface area contributed by atoms with Crippen molar-refractivity contribution in [3.05, 3.63) is 35.4 Å². The van der Waals surface area contributed by atoms with Crippen molar-refractivity contribution in [3.63, 3.8) is 0 Å². The van der Waals surface area contributed by atoms with E-state index in [0.29, 0.717) is 12.6 Å². The van der Waals surface area contributed by atoms with Gasteiger partial charge < -0.3 is 16.0 Å². The molecule has 2 rings (SSSR count). The van der Waals surface area contributed by atoms with Crippen LogP contribution in [0, 0.1) is 5.92 Å². The van der Waals surface area contributed by atoms with Gasteiger partial charge in [-0.1, -0.05) is 45.0 Å². The van der Waals surface area contributed by atoms with Crippen LogP contribution < -0.4 is 11.1 Å². The van der Waals surface area contributed by atoms with Crippen LogP contribution in [0.1, 0.15) is 44.7 Å². The van der Waals surface area contributed by atoms with Gasteiger partial charge in [0.1, 0.15) is 0 Å². The van der Waals surface area contributed by atoms with E-state index in [0.717, 1.165) is 24.8 Å². The molecule has 1 aliphatic carbocycles. The zero-order valence-corrected chi connectivity index (χ0v) is 14.9. The first-order valence-electron chi connectivity index (χ1n) is 8.83. The van der Waals surface area contributed by atoms with E-state index in [2.05, 4.69) is 36.5 Å². The molecular weight excluding hydrogens is 302 g/mol. The molecule has 1 aromatic carbocycles. The molecule has 0 aromatic heterocycles. The summed E-state index contributed by atoms with van der Waals surface area (Å²) in [6.45, 7) is 6.52. The molecule has 2 amide bonds. The summed E-state index contributed by atoms with van der Waals surface area (Å²) in [6.07, 6.45) is 3.09. The number of carbonyl (C=O) groups excluding carboxylic acids is 2. The summed E-state index contributed by atoms with van der Waals surface area (Å²) in [6, 6.07) is 8.10. The first kappa shape index (κ1) is 18.5. The Bertz CT molecular complexity index is 564. The average molecular weight is 331 g/mol. The number of benzene rings is 1. The van der Waals surface area contributed by atoms with E-state index in [1.165, 1.54) is 5.56 Å². The van der Waals surface area contributed by atoms with E-state index in [4.69, 9.17) is 5.73 Å². The van der Waals surface area contributed by atoms with E-state index in [-0.39, 0.29) is 24.3 Å². The lowest BCUT2D eigenvalue weighted by Gasteiger charge is -2.23. The number of carbonyl (C=O) groups is 2. The summed E-state index contributed by atoms with van der Waals surface area (Å²) < 4.78 is 0. The quantitative estimate of drug-likeness (QED) is 0.763. The van der Waals surface area contributed by atoms with E-state index in [9.17, 15) is 9.59 Å². The lowest BCUT2D eigenvalue weighted by Crippen LogP contribution is -2.48. The SMILES string of the molecule is CCc1ccc(CN(C(=O)CNC(=O)[C@@H](N)C(C)C)C2CC2)cc1. The zero-order chi connectivity index (χ0) is 17.7. The molecule has 1 aromatic rings. The Balaban J connectivity index is 1.92. The van der Waals surface area contributed by atoms with Gasteiger partial charge in [-0.15, -0.1) is 0 Å². The van der Waals surface area contributed by atoms with Crippen LogP contribution in [0.2, 0.25) is 0 Å². The molecule has 0 bridgehead atoms. The summed E-state index contributed by atoms with van der Waals surface area (Å²) in [4.78, 5) is 26.3. The van der Waals surface area contributed by atoms with Gasteiger partial charge in [-0.25, -0.2) is 0 Å². The summed E-state index contributed by atoms with van der Waals surface area (Å²) in [5.41, 5.74) is 8.22. The minimum Gasteiger partial charge on any atom is -0.346 e. The number of aryl methyl sites for hydroxylation is 1. The molecule has 24 heavy (non-hydrogen) atoms. The largest absolute Gasteiger partial charge is 0.346 e. The number of hydrogen-bond donors (Lipinski definition) is 2. The molecule has 1 saturated carbocycles. The Labute approximate surface area is 144 Å². The van der Waals surface area contributed by atoms with Gasteiger partial charge >= 0.3 is 0 Å². The third-order valence-corrected chi connectivity index (χ3v) is 4.53. The highest BCUT2D eigenvalue weighted by molar-refractivity contribution is 5.87. The lowest BCUT2D eigenvalue weighted by molar-refractivity contribution is -0.134. The van der Waals surface area contributed by atoms with Crippen LogP contribution in [-0.2, 0) is 22.6 Å². The second-order valence-corrected chi connectivity index (χ2v) is 6.91. The maximum absolute atomic E-state index is 12.5. The van der Waals surface area contributed by atoms with Crippen molar-refractivity contribution in [2.24, 2.45) is 11.7 Å². The number of nitrogens with zero attached hydrogens (tertiary/aromatic N) is 1. The van der Waals surface area contributed by atoms with Gasteiger partial charge in [0.25, 0.3) is 0 Å². The molecule has 0 unspecified atom stereocenters. The Morgan fingerprint density at radius 3 is 2.29 bits per heavy atom. The molecule has 3 N–H and O–H groups in total. The number of nitrogens with one attached hydrogen (secondary N) is 1. The molecule has 1 fully saturated rings. The summed E-state index contributed by atoms with van der Waals surface area (Å²) in [5.74, 6) is -0.250. The average Bonchev–Trinajstić information content (AvgIpc) is 3.41. The van der Waals surface area contributed by atoms with E-state index in [1.807, 2.05) is 18.7 Å². The molecule has 132 valence electrons. The first-order valence-corrected chi connectivity index (χ1v) is 8.83. The molecule has 1 aliphatic rings. The van der Waals surface area contributed by atoms with Crippen molar-refractivity contribution in [2.75, 3.05) is 6.54 Å². The van der Waals surface area contributed by atoms with E-state index in [1.54, 1.807) is 0 Å². The Morgan fingerprint density at radius 1 is 1.21 bits per heavy atom. The maximum atomic E-state index is 12.5. The van der Waals surface area contributed by atoms with Crippen molar-refractivity contribution in [1.29, 1.82) is 0 Å². The van der Waals surface area contributed by atoms with Crippen LogP contribution in [0.25, 0.3) is 0 Å². The van der Waals surface area contributed by atoms with Crippen molar-refractivity contribution < 1.29 is 9.59 Å². The highest BCUT2D eigenvalue weighted by atomic mass is 16.2. The third kappa shape index (κ3) is 5.06. The monoisotopic (exact) mass is 331 g/mol. The highest BCUT2D eigenvalue weighted by Gasteiger charge is 2.32. The van der Waals surface area contributed by atoms with Gasteiger partial charge in [0.2, 0.25) is 11.8 Å². The number of amides is 2. The van der Waals surface area contributed by atoms with Gasteiger partial charge in [0, 0.05) is 12.6 Å². The molecule has 0 saturated heterocycles. The normalized spacial score (nSPS) is 15.2. The van der Waals surface area contributed by atoms with Crippen molar-refractivity contribution in [3.8, 4) is 0 Å². The molecular formula is C19H29N3O2. The fourth-order valence-corrected chi connectivity index (χ4v) is 2.57. The first-order chi connectivity index (χ1) is 11.4. The van der Waals surface area contributed by atoms with Gasteiger partial charge in [-0.3, -0.25) is 9.59 Å². The molecule has 1 atom stereocenters. The number of nitrogens with two attached hydrogens (primary N) is 1. The fourth-order valence-electron chi connectivity index (χ4n) is 2.57. The smallest absolute Gasteiger partial charge is 0.242 e. The zero-order valence-electron chi connectivity index (χ0n) is 14.9. The van der Waals surface area contributed by atoms with Crippen LogP contribution in [0.3, 0.4) is 0 Å². The van der Waals surface area contributed by atoms with E-state index >= 15 is 0 Å². The maximum Gasteiger partial charge on any atom is 0.242 e. The van der Waals surface area contributed by atoms with Crippen LogP contribution in [-0.4, -0.2) is 35.3 Å². The third-order valence-electron chi connectivity index (χ3n) is 4.53. The minimum absolute atomic E-state index is 0.0167. The van der Waals surface area contributed by atoms with Crippen LogP contribution >= 0.6 is 0 Å². The lowest BCUT2D eigenvalue weighted by atomic mass is 10.1. The minimum atomic E-state index is -0.575. The topological polar surface area (TPSA) is 75.4 Å². The Kier molecular flexibility index (Phi) is 6.37. The highest BCUT2D eigenvalue weighted by Crippen LogP contribution is 2.28. The van der Waals surface area contributed by atoms with Gasteiger partial charge in [-0.2, -0.15) is 0 Å². The van der Waals surface area contributed by atoms with Crippen molar-refractivity contribution in [1.82, 2.24) is 10.2 Å². The Hall–Kier alpha value is -1.88. The molecule has 5 heteroatoms. The molecule has 5 nitrogen and oxygen atoms in total. The summed E-state index contributed by atoms with van der Waals surface area (Å²) in [7, 11) is 0. The summed E-state index contributed by atoms with van der Waals surface area (Å²) in [5, 5.41) is 2.68. The molecule has 0 heterocycles. The second-order valence-electron chi connectivity index (χ2n) is 6.91. The van der Waals surface area contributed by atoms with Gasteiger partial charge in [-0.05, 0) is 36.3 Å². The predicted molar refractivity (Wildman–Crippen MR) is 95.2 cm³/mol. The number of hydrogen-bond acceptors (Lipinski definition) is 3. The van der Waals surface area contributed by atoms with Crippen LogP contribution in [0.15, 0.2) is 24.3 Å². The standard InChI is InChI=1S/C19H29N3O2/c1-4-14-5-7-15(8-6-14)12-22(16-9-10-16)17(23)11-21-19(24)18(20)13(2)3/h5-8,13,16,18H,4,9-12,20H2,1-3H3,(H,21,24)/t18-/m0/s1. The van der Waals surface area contributed by atoms with E-state index < -0.39 is 6.04 Å². The molecule has 0 aliphatic heterocycles. The van der Waals surface area contributed by atoms with Gasteiger partial charge in [0.15, 0.2) is 0 Å². The molecule has 0 spiro atoms. The van der Waals surface area contributed by atoms with Crippen LogP contribution in [0.4, 0.5) is 0 Å². The van der Waals surface area contributed by atoms with Crippen molar-refractivity contribution in [2.45, 2.75) is 58.7 Å². The number of rotatable bonds is 8. The van der Waals surface area contributed by atoms with Crippen molar-refractivity contribution >= 4 is 11.8 Å². The fraction of sp³-hybridized carbons (Fsp3) is 0.579. The predicted octanol–water partition coefficient (Wildman–Crippen LogP) is 1.84. The Morgan fingerprint density at radius 2 is 1.79 bits per heavy atom. The molecule has 0 radical (unpaired) electrons. The summed E-state index contributed by atoms with van der Waals surface area (Å²) >= 11 is 0.